The van der Waals surface area contributed by atoms with Crippen LogP contribution >= 0.6 is 0 Å². The highest BCUT2D eigenvalue weighted by Crippen LogP contribution is 2.21. The zero-order valence-corrected chi connectivity index (χ0v) is 15.8. The molecule has 0 bridgehead atoms. The van der Waals surface area contributed by atoms with E-state index in [4.69, 9.17) is 16.3 Å². The van der Waals surface area contributed by atoms with E-state index in [1.54, 1.807) is 7.11 Å². The minimum absolute atomic E-state index is 0.168. The molecule has 6 nitrogen and oxygen atoms in total. The van der Waals surface area contributed by atoms with Gasteiger partial charge in [0.1, 0.15) is 5.70 Å². The summed E-state index contributed by atoms with van der Waals surface area (Å²) in [4.78, 5) is 12.4. The summed E-state index contributed by atoms with van der Waals surface area (Å²) in [5.41, 5.74) is 8.88. The van der Waals surface area contributed by atoms with Crippen LogP contribution in [0.15, 0.2) is 35.7 Å². The summed E-state index contributed by atoms with van der Waals surface area (Å²) in [5.74, 6) is 6.36. The van der Waals surface area contributed by atoms with Crippen molar-refractivity contribution in [3.63, 3.8) is 0 Å². The van der Waals surface area contributed by atoms with Crippen LogP contribution < -0.4 is 21.9 Å². The number of allylic oxidation sites excluding steroid dienone is 1. The number of anilines is 1. The number of methoxy groups -OCH3 is 1. The van der Waals surface area contributed by atoms with Gasteiger partial charge in [0.25, 0.3) is 5.91 Å². The highest BCUT2D eigenvalue weighted by atomic mass is 16.5. The fourth-order valence-corrected chi connectivity index (χ4v) is 2.31. The lowest BCUT2D eigenvalue weighted by atomic mass is 10.1. The van der Waals surface area contributed by atoms with Crippen LogP contribution in [0.4, 0.5) is 5.69 Å². The second-order valence-corrected chi connectivity index (χ2v) is 6.62. The van der Waals surface area contributed by atoms with Crippen molar-refractivity contribution < 1.29 is 9.53 Å². The number of carbonyl (C=O) groups excluding carboxylic acids is 1. The number of ether oxygens (including phenoxy) is 1. The van der Waals surface area contributed by atoms with Crippen LogP contribution in [0.25, 0.3) is 0 Å². The second kappa shape index (κ2) is 10.7. The molecular weight excluding hydrogens is 316 g/mol. The normalized spacial score (nSPS) is 12.1. The Labute approximate surface area is 151 Å². The maximum atomic E-state index is 12.4. The molecule has 1 amide bonds. The van der Waals surface area contributed by atoms with Crippen molar-refractivity contribution in [3.8, 4) is 0 Å². The van der Waals surface area contributed by atoms with Crippen molar-refractivity contribution in [1.29, 1.82) is 0 Å². The summed E-state index contributed by atoms with van der Waals surface area (Å²) in [5, 5.41) is 4.36. The molecule has 0 atom stereocenters. The molecule has 0 saturated heterocycles. The van der Waals surface area contributed by atoms with Crippen LogP contribution in [0, 0.1) is 12.8 Å². The van der Waals surface area contributed by atoms with Gasteiger partial charge in [-0.2, -0.15) is 0 Å². The zero-order chi connectivity index (χ0) is 18.8. The summed E-state index contributed by atoms with van der Waals surface area (Å²) in [7, 11) is 1.67. The van der Waals surface area contributed by atoms with Crippen LogP contribution in [-0.2, 0) is 9.53 Å². The summed E-state index contributed by atoms with van der Waals surface area (Å²) in [6.45, 7) is 7.33. The number of nitrogens with one attached hydrogen (secondary N) is 1. The third kappa shape index (κ3) is 7.15. The number of nitrogens with zero attached hydrogens (tertiary/aromatic N) is 1. The third-order valence-corrected chi connectivity index (χ3v) is 3.84. The van der Waals surface area contributed by atoms with Gasteiger partial charge in [0.15, 0.2) is 0 Å². The van der Waals surface area contributed by atoms with E-state index in [1.807, 2.05) is 45.0 Å². The Hall–Kier alpha value is -2.05. The minimum atomic E-state index is -0.280. The van der Waals surface area contributed by atoms with Crippen LogP contribution in [0.2, 0.25) is 0 Å². The molecule has 0 spiro atoms. The van der Waals surface area contributed by atoms with E-state index >= 15 is 0 Å². The quantitative estimate of drug-likeness (QED) is 0.261. The minimum Gasteiger partial charge on any atom is -0.393 e. The molecule has 1 aromatic carbocycles. The Morgan fingerprint density at radius 1 is 1.24 bits per heavy atom. The number of benzene rings is 1. The predicted molar refractivity (Wildman–Crippen MR) is 103 cm³/mol. The first-order valence-electron chi connectivity index (χ1n) is 8.74. The van der Waals surface area contributed by atoms with E-state index in [2.05, 4.69) is 5.32 Å². The van der Waals surface area contributed by atoms with Crippen LogP contribution in [0.3, 0.4) is 0 Å². The molecule has 1 rings (SSSR count). The van der Waals surface area contributed by atoms with Gasteiger partial charge in [-0.3, -0.25) is 9.80 Å². The van der Waals surface area contributed by atoms with Crippen molar-refractivity contribution in [3.05, 3.63) is 41.2 Å². The zero-order valence-electron chi connectivity index (χ0n) is 15.8. The number of aryl methyl sites for hydroxylation is 1. The number of hydrazine groups is 1. The molecule has 0 fully saturated rings. The van der Waals surface area contributed by atoms with Crippen molar-refractivity contribution >= 4 is 11.6 Å². The molecule has 140 valence electrons. The van der Waals surface area contributed by atoms with Crippen molar-refractivity contribution in [2.24, 2.45) is 17.5 Å². The van der Waals surface area contributed by atoms with E-state index in [1.165, 1.54) is 5.01 Å². The molecule has 25 heavy (non-hydrogen) atoms. The first-order valence-corrected chi connectivity index (χ1v) is 8.74. The topological polar surface area (TPSA) is 93.6 Å². The summed E-state index contributed by atoms with van der Waals surface area (Å²) < 4.78 is 5.08. The second-order valence-electron chi connectivity index (χ2n) is 6.62. The fraction of sp³-hybridized carbons (Fsp3) is 0.526. The molecule has 0 saturated carbocycles. The van der Waals surface area contributed by atoms with Crippen LogP contribution in [0.1, 0.15) is 38.7 Å². The molecule has 5 N–H and O–H groups in total. The van der Waals surface area contributed by atoms with E-state index in [0.717, 1.165) is 24.1 Å². The smallest absolute Gasteiger partial charge is 0.269 e. The highest BCUT2D eigenvalue weighted by Gasteiger charge is 2.17. The Kier molecular flexibility index (Phi) is 9.02. The third-order valence-electron chi connectivity index (χ3n) is 3.84. The largest absolute Gasteiger partial charge is 0.393 e. The predicted octanol–water partition coefficient (Wildman–Crippen LogP) is 2.43. The SMILES string of the molecule is COCCCC/C(=C(/N)C(=O)NCC(C)C)N(N)c1ccc(C)cc1. The number of unbranched alkanes of at least 4 members (excludes halogenated alkanes) is 1. The Bertz CT molecular complexity index is 567. The molecule has 6 heteroatoms. The van der Waals surface area contributed by atoms with E-state index in [-0.39, 0.29) is 11.6 Å². The summed E-state index contributed by atoms with van der Waals surface area (Å²) >= 11 is 0. The summed E-state index contributed by atoms with van der Waals surface area (Å²) in [6.07, 6.45) is 2.32. The molecule has 0 heterocycles. The number of rotatable bonds is 10. The lowest BCUT2D eigenvalue weighted by Crippen LogP contribution is -2.38. The van der Waals surface area contributed by atoms with Crippen LogP contribution in [0.5, 0.6) is 0 Å². The van der Waals surface area contributed by atoms with Gasteiger partial charge < -0.3 is 15.8 Å². The monoisotopic (exact) mass is 348 g/mol. The Balaban J connectivity index is 2.98. The molecule has 0 aliphatic heterocycles. The van der Waals surface area contributed by atoms with Crippen molar-refractivity contribution in [2.75, 3.05) is 25.3 Å². The number of carbonyl (C=O) groups is 1. The first kappa shape index (κ1) is 21.0. The van der Waals surface area contributed by atoms with Crippen molar-refractivity contribution in [2.45, 2.75) is 40.0 Å². The maximum Gasteiger partial charge on any atom is 0.269 e. The molecule has 0 radical (unpaired) electrons. The lowest BCUT2D eigenvalue weighted by molar-refractivity contribution is -0.117. The van der Waals surface area contributed by atoms with Gasteiger partial charge in [0.05, 0.1) is 11.4 Å². The van der Waals surface area contributed by atoms with E-state index < -0.39 is 0 Å². The molecule has 0 aromatic heterocycles. The lowest BCUT2D eigenvalue weighted by Gasteiger charge is -2.24. The molecular formula is C19H32N4O2. The van der Waals surface area contributed by atoms with Gasteiger partial charge in [-0.25, -0.2) is 5.84 Å². The van der Waals surface area contributed by atoms with E-state index in [0.29, 0.717) is 31.2 Å². The van der Waals surface area contributed by atoms with Crippen LogP contribution in [-0.4, -0.2) is 26.2 Å². The Morgan fingerprint density at radius 3 is 2.44 bits per heavy atom. The average Bonchev–Trinajstić information content (AvgIpc) is 2.59. The van der Waals surface area contributed by atoms with Gasteiger partial charge in [-0.1, -0.05) is 31.5 Å². The molecule has 0 aliphatic rings. The number of hydrogen-bond acceptors (Lipinski definition) is 5. The van der Waals surface area contributed by atoms with Gasteiger partial charge in [0.2, 0.25) is 0 Å². The number of hydrogen-bond donors (Lipinski definition) is 3. The Morgan fingerprint density at radius 2 is 1.88 bits per heavy atom. The van der Waals surface area contributed by atoms with Gasteiger partial charge >= 0.3 is 0 Å². The average molecular weight is 348 g/mol. The van der Waals surface area contributed by atoms with Gasteiger partial charge in [-0.05, 0) is 44.2 Å². The van der Waals surface area contributed by atoms with Gasteiger partial charge in [-0.15, -0.1) is 0 Å². The first-order chi connectivity index (χ1) is 11.9. The standard InChI is InChI=1S/C19H32N4O2/c1-14(2)13-22-19(24)18(20)17(7-5-6-12-25-4)23(21)16-10-8-15(3)9-11-16/h8-11,14H,5-7,12-13,20-21H2,1-4H3,(H,22,24)/b18-17-. The number of nitrogens with two attached hydrogens (primary N) is 2. The van der Waals surface area contributed by atoms with Gasteiger partial charge in [0, 0.05) is 20.3 Å². The molecule has 1 aromatic rings. The fourth-order valence-electron chi connectivity index (χ4n) is 2.31. The number of amides is 1. The molecule has 0 aliphatic carbocycles. The van der Waals surface area contributed by atoms with Crippen molar-refractivity contribution in [1.82, 2.24) is 5.32 Å². The molecule has 0 unspecified atom stereocenters. The summed E-state index contributed by atoms with van der Waals surface area (Å²) in [6, 6.07) is 7.80. The van der Waals surface area contributed by atoms with E-state index in [9.17, 15) is 4.79 Å². The highest BCUT2D eigenvalue weighted by molar-refractivity contribution is 5.93. The maximum absolute atomic E-state index is 12.4.